The lowest BCUT2D eigenvalue weighted by molar-refractivity contribution is -0.116. The van der Waals surface area contributed by atoms with Crippen molar-refractivity contribution >= 4 is 11.6 Å². The van der Waals surface area contributed by atoms with E-state index in [2.05, 4.69) is 5.32 Å². The van der Waals surface area contributed by atoms with Crippen molar-refractivity contribution in [1.29, 1.82) is 0 Å². The first-order valence-electron chi connectivity index (χ1n) is 9.12. The van der Waals surface area contributed by atoms with Crippen LogP contribution < -0.4 is 19.5 Å². The molecule has 0 radical (unpaired) electrons. The van der Waals surface area contributed by atoms with Gasteiger partial charge in [-0.3, -0.25) is 4.79 Å². The summed E-state index contributed by atoms with van der Waals surface area (Å²) in [5, 5.41) is 2.88. The van der Waals surface area contributed by atoms with Crippen LogP contribution in [0.2, 0.25) is 0 Å². The van der Waals surface area contributed by atoms with Crippen LogP contribution in [0.4, 0.5) is 5.69 Å². The van der Waals surface area contributed by atoms with Crippen molar-refractivity contribution in [3.63, 3.8) is 0 Å². The van der Waals surface area contributed by atoms with Crippen LogP contribution in [0, 0.1) is 0 Å². The van der Waals surface area contributed by atoms with Crippen LogP contribution >= 0.6 is 0 Å². The molecule has 0 spiro atoms. The second kappa shape index (κ2) is 10.0. The van der Waals surface area contributed by atoms with Gasteiger partial charge in [-0.15, -0.1) is 0 Å². The third-order valence-corrected chi connectivity index (χ3v) is 3.99. The van der Waals surface area contributed by atoms with Gasteiger partial charge in [0.1, 0.15) is 23.0 Å². The number of ether oxygens (including phenoxy) is 3. The van der Waals surface area contributed by atoms with Gasteiger partial charge in [0.05, 0.1) is 13.7 Å². The monoisotopic (exact) mass is 377 g/mol. The van der Waals surface area contributed by atoms with Gasteiger partial charge in [-0.2, -0.15) is 0 Å². The maximum absolute atomic E-state index is 12.1. The summed E-state index contributed by atoms with van der Waals surface area (Å²) in [7, 11) is 1.62. The quantitative estimate of drug-likeness (QED) is 0.515. The predicted molar refractivity (Wildman–Crippen MR) is 109 cm³/mol. The van der Waals surface area contributed by atoms with E-state index in [1.165, 1.54) is 0 Å². The van der Waals surface area contributed by atoms with Crippen molar-refractivity contribution in [2.45, 2.75) is 12.8 Å². The summed E-state index contributed by atoms with van der Waals surface area (Å²) in [5.74, 6) is 2.99. The first-order valence-corrected chi connectivity index (χ1v) is 9.12. The maximum Gasteiger partial charge on any atom is 0.224 e. The molecule has 1 N–H and O–H groups in total. The first-order chi connectivity index (χ1) is 13.7. The SMILES string of the molecule is COc1ccc(OCCCC(=O)Nc2ccc(Oc3ccccc3)cc2)cc1. The highest BCUT2D eigenvalue weighted by molar-refractivity contribution is 5.90. The van der Waals surface area contributed by atoms with E-state index in [0.29, 0.717) is 19.4 Å². The van der Waals surface area contributed by atoms with E-state index in [1.54, 1.807) is 7.11 Å². The Kier molecular flexibility index (Phi) is 6.90. The van der Waals surface area contributed by atoms with Crippen molar-refractivity contribution in [1.82, 2.24) is 0 Å². The van der Waals surface area contributed by atoms with Crippen LogP contribution in [0.5, 0.6) is 23.0 Å². The van der Waals surface area contributed by atoms with Crippen molar-refractivity contribution in [3.8, 4) is 23.0 Å². The number of para-hydroxylation sites is 1. The Morgan fingerprint density at radius 1 is 0.786 bits per heavy atom. The molecule has 0 saturated carbocycles. The summed E-state index contributed by atoms with van der Waals surface area (Å²) in [5.41, 5.74) is 0.737. The Morgan fingerprint density at radius 3 is 2.07 bits per heavy atom. The van der Waals surface area contributed by atoms with E-state index in [0.717, 1.165) is 28.7 Å². The van der Waals surface area contributed by atoms with Gasteiger partial charge in [0.2, 0.25) is 5.91 Å². The number of hydrogen-bond acceptors (Lipinski definition) is 4. The first kappa shape index (κ1) is 19.3. The van der Waals surface area contributed by atoms with Crippen molar-refractivity contribution in [2.75, 3.05) is 19.0 Å². The summed E-state index contributed by atoms with van der Waals surface area (Å²) in [6.07, 6.45) is 1.02. The number of nitrogens with one attached hydrogen (secondary N) is 1. The van der Waals surface area contributed by atoms with E-state index in [1.807, 2.05) is 78.9 Å². The molecule has 5 nitrogen and oxygen atoms in total. The molecule has 0 saturated heterocycles. The molecule has 0 aliphatic rings. The molecule has 1 amide bonds. The summed E-state index contributed by atoms with van der Waals surface area (Å²) >= 11 is 0. The second-order valence-corrected chi connectivity index (χ2v) is 6.12. The molecular formula is C23H23NO4. The Labute approximate surface area is 164 Å². The number of hydrogen-bond donors (Lipinski definition) is 1. The number of rotatable bonds is 9. The van der Waals surface area contributed by atoms with Gasteiger partial charge in [0.25, 0.3) is 0 Å². The minimum Gasteiger partial charge on any atom is -0.497 e. The second-order valence-electron chi connectivity index (χ2n) is 6.12. The smallest absolute Gasteiger partial charge is 0.224 e. The third kappa shape index (κ3) is 6.06. The molecular weight excluding hydrogens is 354 g/mol. The van der Waals surface area contributed by atoms with E-state index in [-0.39, 0.29) is 5.91 Å². The number of benzene rings is 3. The van der Waals surface area contributed by atoms with E-state index in [9.17, 15) is 4.79 Å². The Balaban J connectivity index is 1.38. The highest BCUT2D eigenvalue weighted by Gasteiger charge is 2.04. The third-order valence-electron chi connectivity index (χ3n) is 3.99. The molecule has 0 atom stereocenters. The molecule has 3 aromatic rings. The number of carbonyl (C=O) groups is 1. The predicted octanol–water partition coefficient (Wildman–Crippen LogP) is 5.29. The van der Waals surface area contributed by atoms with Gasteiger partial charge in [0.15, 0.2) is 0 Å². The zero-order chi connectivity index (χ0) is 19.6. The van der Waals surface area contributed by atoms with Crippen molar-refractivity contribution in [2.24, 2.45) is 0 Å². The topological polar surface area (TPSA) is 56.8 Å². The van der Waals surface area contributed by atoms with Gasteiger partial charge in [-0.1, -0.05) is 18.2 Å². The molecule has 0 heterocycles. The molecule has 0 aliphatic heterocycles. The van der Waals surface area contributed by atoms with Gasteiger partial charge >= 0.3 is 0 Å². The fourth-order valence-corrected chi connectivity index (χ4v) is 2.55. The molecule has 0 fully saturated rings. The van der Waals surface area contributed by atoms with Crippen LogP contribution in [0.3, 0.4) is 0 Å². The average molecular weight is 377 g/mol. The zero-order valence-electron chi connectivity index (χ0n) is 15.8. The summed E-state index contributed by atoms with van der Waals surface area (Å²) in [6, 6.07) is 24.2. The van der Waals surface area contributed by atoms with Gasteiger partial charge in [0, 0.05) is 12.1 Å². The van der Waals surface area contributed by atoms with Crippen LogP contribution in [-0.2, 0) is 4.79 Å². The lowest BCUT2D eigenvalue weighted by atomic mass is 10.2. The number of methoxy groups -OCH3 is 1. The van der Waals surface area contributed by atoms with E-state index < -0.39 is 0 Å². The number of carbonyl (C=O) groups excluding carboxylic acids is 1. The largest absolute Gasteiger partial charge is 0.497 e. The molecule has 3 rings (SSSR count). The molecule has 28 heavy (non-hydrogen) atoms. The normalized spacial score (nSPS) is 10.2. The maximum atomic E-state index is 12.1. The average Bonchev–Trinajstić information content (AvgIpc) is 2.74. The van der Waals surface area contributed by atoms with Crippen molar-refractivity contribution in [3.05, 3.63) is 78.9 Å². The zero-order valence-corrected chi connectivity index (χ0v) is 15.8. The van der Waals surface area contributed by atoms with Crippen molar-refractivity contribution < 1.29 is 19.0 Å². The van der Waals surface area contributed by atoms with Gasteiger partial charge in [-0.25, -0.2) is 0 Å². The molecule has 144 valence electrons. The Hall–Kier alpha value is -3.47. The highest BCUT2D eigenvalue weighted by Crippen LogP contribution is 2.22. The van der Waals surface area contributed by atoms with E-state index >= 15 is 0 Å². The minimum atomic E-state index is -0.0462. The fraction of sp³-hybridized carbons (Fsp3) is 0.174. The highest BCUT2D eigenvalue weighted by atomic mass is 16.5. The van der Waals surface area contributed by atoms with Crippen LogP contribution in [-0.4, -0.2) is 19.6 Å². The minimum absolute atomic E-state index is 0.0462. The molecule has 3 aromatic carbocycles. The van der Waals surface area contributed by atoms with E-state index in [4.69, 9.17) is 14.2 Å². The van der Waals surface area contributed by atoms with Crippen LogP contribution in [0.1, 0.15) is 12.8 Å². The Bertz CT molecular complexity index is 861. The molecule has 5 heteroatoms. The molecule has 0 aliphatic carbocycles. The standard InChI is InChI=1S/C23H23NO4/c1-26-19-13-15-20(16-14-19)27-17-5-8-23(25)24-18-9-11-22(12-10-18)28-21-6-3-2-4-7-21/h2-4,6-7,9-16H,5,8,17H2,1H3,(H,24,25). The number of amides is 1. The van der Waals surface area contributed by atoms with Crippen LogP contribution in [0.25, 0.3) is 0 Å². The molecule has 0 unspecified atom stereocenters. The summed E-state index contributed by atoms with van der Waals surface area (Å²) in [4.78, 5) is 12.1. The molecule has 0 aromatic heterocycles. The summed E-state index contributed by atoms with van der Waals surface area (Å²) in [6.45, 7) is 0.476. The number of anilines is 1. The van der Waals surface area contributed by atoms with Crippen LogP contribution in [0.15, 0.2) is 78.9 Å². The molecule has 0 bridgehead atoms. The Morgan fingerprint density at radius 2 is 1.39 bits per heavy atom. The summed E-state index contributed by atoms with van der Waals surface area (Å²) < 4.78 is 16.5. The van der Waals surface area contributed by atoms with Gasteiger partial charge in [-0.05, 0) is 67.1 Å². The van der Waals surface area contributed by atoms with Gasteiger partial charge < -0.3 is 19.5 Å². The fourth-order valence-electron chi connectivity index (χ4n) is 2.55. The lowest BCUT2D eigenvalue weighted by Gasteiger charge is -2.09. The lowest BCUT2D eigenvalue weighted by Crippen LogP contribution is -2.12.